The summed E-state index contributed by atoms with van der Waals surface area (Å²) < 4.78 is 1.80. The standard InChI is InChI=1S/C24H22N4O2S/c1-15-13-14-21(31-15)24(30)25-20-12-8-7-11-19(20)23(29)26-22-16(2)27-28(17(22)3)18-9-5-4-6-10-18/h4-14H,1-3H3,(H,25,30)(H,26,29). The Morgan fingerprint density at radius 3 is 2.26 bits per heavy atom. The Morgan fingerprint density at radius 1 is 0.839 bits per heavy atom. The average molecular weight is 431 g/mol. The van der Waals surface area contributed by atoms with Crippen molar-refractivity contribution in [3.63, 3.8) is 0 Å². The maximum atomic E-state index is 13.1. The molecule has 0 aliphatic rings. The van der Waals surface area contributed by atoms with Gasteiger partial charge in [-0.1, -0.05) is 30.3 Å². The van der Waals surface area contributed by atoms with Crippen LogP contribution in [-0.2, 0) is 0 Å². The number of carbonyl (C=O) groups is 2. The van der Waals surface area contributed by atoms with Crippen LogP contribution in [-0.4, -0.2) is 21.6 Å². The molecular formula is C24H22N4O2S. The maximum Gasteiger partial charge on any atom is 0.265 e. The number of aromatic nitrogens is 2. The fourth-order valence-electron chi connectivity index (χ4n) is 3.36. The van der Waals surface area contributed by atoms with E-state index in [9.17, 15) is 9.59 Å². The molecule has 0 unspecified atom stereocenters. The summed E-state index contributed by atoms with van der Waals surface area (Å²) in [5.74, 6) is -0.542. The largest absolute Gasteiger partial charge is 0.321 e. The summed E-state index contributed by atoms with van der Waals surface area (Å²) in [5.41, 5.74) is 3.96. The van der Waals surface area contributed by atoms with Gasteiger partial charge in [0, 0.05) is 4.88 Å². The van der Waals surface area contributed by atoms with E-state index >= 15 is 0 Å². The molecule has 2 heterocycles. The van der Waals surface area contributed by atoms with Crippen molar-refractivity contribution in [3.8, 4) is 5.69 Å². The molecular weight excluding hydrogens is 408 g/mol. The molecule has 0 fully saturated rings. The zero-order valence-electron chi connectivity index (χ0n) is 17.5. The van der Waals surface area contributed by atoms with E-state index < -0.39 is 0 Å². The number of hydrogen-bond acceptors (Lipinski definition) is 4. The Kier molecular flexibility index (Phi) is 5.68. The minimum atomic E-state index is -0.308. The number of benzene rings is 2. The molecule has 4 aromatic rings. The highest BCUT2D eigenvalue weighted by Crippen LogP contribution is 2.25. The molecule has 0 aliphatic carbocycles. The second-order valence-corrected chi connectivity index (χ2v) is 8.45. The van der Waals surface area contributed by atoms with Crippen LogP contribution in [0.4, 0.5) is 11.4 Å². The number of para-hydroxylation sites is 2. The van der Waals surface area contributed by atoms with Gasteiger partial charge in [-0.05, 0) is 57.2 Å². The van der Waals surface area contributed by atoms with Crippen LogP contribution in [0.15, 0.2) is 66.7 Å². The van der Waals surface area contributed by atoms with Gasteiger partial charge >= 0.3 is 0 Å². The van der Waals surface area contributed by atoms with Crippen LogP contribution in [0, 0.1) is 20.8 Å². The molecule has 2 amide bonds. The SMILES string of the molecule is Cc1ccc(C(=O)Nc2ccccc2C(=O)Nc2c(C)nn(-c3ccccc3)c2C)s1. The van der Waals surface area contributed by atoms with Crippen molar-refractivity contribution < 1.29 is 9.59 Å². The Bertz CT molecular complexity index is 1260. The Labute approximate surface area is 184 Å². The monoisotopic (exact) mass is 430 g/mol. The number of anilines is 2. The van der Waals surface area contributed by atoms with Crippen molar-refractivity contribution in [1.82, 2.24) is 9.78 Å². The number of amides is 2. The van der Waals surface area contributed by atoms with E-state index in [1.807, 2.05) is 57.2 Å². The second kappa shape index (κ2) is 8.57. The van der Waals surface area contributed by atoms with Crippen LogP contribution in [0.1, 0.15) is 36.3 Å². The molecule has 2 N–H and O–H groups in total. The van der Waals surface area contributed by atoms with Crippen LogP contribution in [0.5, 0.6) is 0 Å². The summed E-state index contributed by atoms with van der Waals surface area (Å²) in [6.45, 7) is 5.72. The van der Waals surface area contributed by atoms with Gasteiger partial charge < -0.3 is 10.6 Å². The topological polar surface area (TPSA) is 76.0 Å². The quantitative estimate of drug-likeness (QED) is 0.447. The fourth-order valence-corrected chi connectivity index (χ4v) is 4.12. The first kappa shape index (κ1) is 20.6. The third-order valence-electron chi connectivity index (χ3n) is 4.91. The number of hydrogen-bond donors (Lipinski definition) is 2. The van der Waals surface area contributed by atoms with Gasteiger partial charge in [0.15, 0.2) is 0 Å². The molecule has 2 aromatic heterocycles. The van der Waals surface area contributed by atoms with Gasteiger partial charge in [0.2, 0.25) is 0 Å². The van der Waals surface area contributed by atoms with Gasteiger partial charge in [0.05, 0.1) is 38.9 Å². The van der Waals surface area contributed by atoms with Gasteiger partial charge in [0.25, 0.3) is 11.8 Å². The average Bonchev–Trinajstić information content (AvgIpc) is 3.33. The number of thiophene rings is 1. The van der Waals surface area contributed by atoms with Crippen molar-refractivity contribution in [1.29, 1.82) is 0 Å². The third-order valence-corrected chi connectivity index (χ3v) is 5.91. The molecule has 6 nitrogen and oxygen atoms in total. The first-order valence-electron chi connectivity index (χ1n) is 9.84. The maximum absolute atomic E-state index is 13.1. The highest BCUT2D eigenvalue weighted by molar-refractivity contribution is 7.14. The van der Waals surface area contributed by atoms with Crippen LogP contribution >= 0.6 is 11.3 Å². The van der Waals surface area contributed by atoms with Crippen LogP contribution in [0.2, 0.25) is 0 Å². The van der Waals surface area contributed by atoms with E-state index in [4.69, 9.17) is 0 Å². The van der Waals surface area contributed by atoms with E-state index in [1.165, 1.54) is 11.3 Å². The zero-order valence-corrected chi connectivity index (χ0v) is 18.3. The predicted octanol–water partition coefficient (Wildman–Crippen LogP) is 5.36. The normalized spacial score (nSPS) is 10.7. The summed E-state index contributed by atoms with van der Waals surface area (Å²) in [6.07, 6.45) is 0. The summed E-state index contributed by atoms with van der Waals surface area (Å²) in [4.78, 5) is 27.3. The van der Waals surface area contributed by atoms with Crippen molar-refractivity contribution >= 4 is 34.5 Å². The predicted molar refractivity (Wildman–Crippen MR) is 124 cm³/mol. The molecule has 0 radical (unpaired) electrons. The van der Waals surface area contributed by atoms with Crippen molar-refractivity contribution in [3.05, 3.63) is 93.4 Å². The van der Waals surface area contributed by atoms with E-state index in [1.54, 1.807) is 35.0 Å². The zero-order chi connectivity index (χ0) is 22.0. The molecule has 7 heteroatoms. The highest BCUT2D eigenvalue weighted by atomic mass is 32.1. The third kappa shape index (κ3) is 4.27. The van der Waals surface area contributed by atoms with E-state index in [0.29, 0.717) is 27.5 Å². The van der Waals surface area contributed by atoms with Crippen molar-refractivity contribution in [2.24, 2.45) is 0 Å². The van der Waals surface area contributed by atoms with Gasteiger partial charge in [-0.2, -0.15) is 5.10 Å². The van der Waals surface area contributed by atoms with E-state index in [2.05, 4.69) is 15.7 Å². The molecule has 31 heavy (non-hydrogen) atoms. The van der Waals surface area contributed by atoms with Crippen LogP contribution < -0.4 is 10.6 Å². The lowest BCUT2D eigenvalue weighted by atomic mass is 10.1. The number of nitrogens with zero attached hydrogens (tertiary/aromatic N) is 2. The molecule has 156 valence electrons. The Hall–Kier alpha value is -3.71. The molecule has 0 saturated heterocycles. The van der Waals surface area contributed by atoms with Crippen molar-refractivity contribution in [2.75, 3.05) is 10.6 Å². The number of aryl methyl sites for hydroxylation is 2. The van der Waals surface area contributed by atoms with Gasteiger partial charge in [-0.25, -0.2) is 4.68 Å². The van der Waals surface area contributed by atoms with Crippen LogP contribution in [0.25, 0.3) is 5.69 Å². The molecule has 0 bridgehead atoms. The highest BCUT2D eigenvalue weighted by Gasteiger charge is 2.19. The first-order valence-corrected chi connectivity index (χ1v) is 10.7. The lowest BCUT2D eigenvalue weighted by Gasteiger charge is -2.11. The number of rotatable bonds is 5. The molecule has 0 saturated carbocycles. The fraction of sp³-hybridized carbons (Fsp3) is 0.125. The molecule has 0 aliphatic heterocycles. The summed E-state index contributed by atoms with van der Waals surface area (Å²) in [7, 11) is 0. The minimum Gasteiger partial charge on any atom is -0.321 e. The van der Waals surface area contributed by atoms with Gasteiger partial charge in [-0.15, -0.1) is 11.3 Å². The molecule has 0 atom stereocenters. The van der Waals surface area contributed by atoms with Gasteiger partial charge in [-0.3, -0.25) is 9.59 Å². The minimum absolute atomic E-state index is 0.234. The lowest BCUT2D eigenvalue weighted by molar-refractivity contribution is 0.102. The molecule has 2 aromatic carbocycles. The first-order chi connectivity index (χ1) is 14.9. The number of nitrogens with one attached hydrogen (secondary N) is 2. The smallest absolute Gasteiger partial charge is 0.265 e. The van der Waals surface area contributed by atoms with E-state index in [-0.39, 0.29) is 11.8 Å². The Morgan fingerprint density at radius 2 is 1.55 bits per heavy atom. The lowest BCUT2D eigenvalue weighted by Crippen LogP contribution is -2.18. The van der Waals surface area contributed by atoms with Crippen molar-refractivity contribution in [2.45, 2.75) is 20.8 Å². The summed E-state index contributed by atoms with van der Waals surface area (Å²) in [6, 6.07) is 20.4. The molecule has 4 rings (SSSR count). The van der Waals surface area contributed by atoms with E-state index in [0.717, 1.165) is 16.3 Å². The van der Waals surface area contributed by atoms with Crippen LogP contribution in [0.3, 0.4) is 0 Å². The second-order valence-electron chi connectivity index (χ2n) is 7.16. The summed E-state index contributed by atoms with van der Waals surface area (Å²) >= 11 is 1.41. The number of carbonyl (C=O) groups excluding carboxylic acids is 2. The van der Waals surface area contributed by atoms with Gasteiger partial charge in [0.1, 0.15) is 0 Å². The summed E-state index contributed by atoms with van der Waals surface area (Å²) in [5, 5.41) is 10.4. The molecule has 0 spiro atoms. The Balaban J connectivity index is 1.59.